The molecule has 0 spiro atoms. The van der Waals surface area contributed by atoms with E-state index in [2.05, 4.69) is 22.5 Å². The molecule has 1 aromatic heterocycles. The summed E-state index contributed by atoms with van der Waals surface area (Å²) in [6.45, 7) is 4.36. The van der Waals surface area contributed by atoms with E-state index in [1.54, 1.807) is 10.6 Å². The van der Waals surface area contributed by atoms with E-state index in [4.69, 9.17) is 5.41 Å². The van der Waals surface area contributed by atoms with Gasteiger partial charge in [0.2, 0.25) is 0 Å². The lowest BCUT2D eigenvalue weighted by molar-refractivity contribution is 0.744. The fraction of sp³-hybridized carbons (Fsp3) is 0.125. The zero-order valence-electron chi connectivity index (χ0n) is 6.05. The molecular formula is C8H9BrN2. The minimum absolute atomic E-state index is 0.494. The van der Waals surface area contributed by atoms with Crippen molar-refractivity contribution in [2.75, 3.05) is 0 Å². The topological polar surface area (TPSA) is 28.8 Å². The second-order valence-corrected chi connectivity index (χ2v) is 3.35. The van der Waals surface area contributed by atoms with Crippen LogP contribution in [0.4, 0.5) is 0 Å². The monoisotopic (exact) mass is 212 g/mol. The summed E-state index contributed by atoms with van der Waals surface area (Å²) in [7, 11) is 0. The van der Waals surface area contributed by atoms with Gasteiger partial charge in [-0.05, 0) is 12.1 Å². The summed E-state index contributed by atoms with van der Waals surface area (Å²) < 4.78 is 2.68. The van der Waals surface area contributed by atoms with E-state index in [0.717, 1.165) is 4.48 Å². The van der Waals surface area contributed by atoms with Crippen LogP contribution in [0.25, 0.3) is 0 Å². The Kier molecular flexibility index (Phi) is 2.65. The van der Waals surface area contributed by atoms with Gasteiger partial charge < -0.3 is 4.57 Å². The first kappa shape index (κ1) is 8.27. The van der Waals surface area contributed by atoms with Gasteiger partial charge in [-0.3, -0.25) is 5.41 Å². The number of nitrogens with zero attached hydrogens (tertiary/aromatic N) is 1. The van der Waals surface area contributed by atoms with Gasteiger partial charge in [-0.1, -0.05) is 28.6 Å². The van der Waals surface area contributed by atoms with Crippen LogP contribution in [0.1, 0.15) is 0 Å². The van der Waals surface area contributed by atoms with Crippen molar-refractivity contribution in [3.8, 4) is 0 Å². The largest absolute Gasteiger partial charge is 0.329 e. The Morgan fingerprint density at radius 3 is 2.91 bits per heavy atom. The predicted molar refractivity (Wildman–Crippen MR) is 48.4 cm³/mol. The van der Waals surface area contributed by atoms with Crippen LogP contribution in [0.15, 0.2) is 35.5 Å². The summed E-state index contributed by atoms with van der Waals surface area (Å²) in [6.07, 6.45) is 1.86. The molecule has 1 heterocycles. The van der Waals surface area contributed by atoms with Crippen molar-refractivity contribution >= 4 is 15.9 Å². The van der Waals surface area contributed by atoms with Gasteiger partial charge in [-0.15, -0.1) is 0 Å². The summed E-state index contributed by atoms with van der Waals surface area (Å²) >= 11 is 3.25. The van der Waals surface area contributed by atoms with Gasteiger partial charge in [0, 0.05) is 10.7 Å². The Morgan fingerprint density at radius 1 is 1.64 bits per heavy atom. The van der Waals surface area contributed by atoms with Crippen LogP contribution in [0.2, 0.25) is 0 Å². The number of halogens is 1. The second-order valence-electron chi connectivity index (χ2n) is 2.23. The molecule has 0 aliphatic heterocycles. The first-order valence-corrected chi connectivity index (χ1v) is 4.03. The average molecular weight is 213 g/mol. The molecule has 0 bridgehead atoms. The van der Waals surface area contributed by atoms with Gasteiger partial charge in [0.1, 0.15) is 5.49 Å². The second kappa shape index (κ2) is 3.53. The maximum Gasteiger partial charge on any atom is 0.124 e. The maximum atomic E-state index is 7.47. The van der Waals surface area contributed by atoms with Crippen molar-refractivity contribution in [1.82, 2.24) is 4.57 Å². The van der Waals surface area contributed by atoms with Gasteiger partial charge in [0.15, 0.2) is 0 Å². The number of rotatable bonds is 2. The first-order valence-electron chi connectivity index (χ1n) is 3.23. The van der Waals surface area contributed by atoms with E-state index in [1.807, 2.05) is 18.3 Å². The fourth-order valence-electron chi connectivity index (χ4n) is 0.799. The maximum absolute atomic E-state index is 7.47. The lowest BCUT2D eigenvalue weighted by Crippen LogP contribution is -2.17. The van der Waals surface area contributed by atoms with E-state index in [0.29, 0.717) is 12.0 Å². The van der Waals surface area contributed by atoms with Crippen molar-refractivity contribution in [3.63, 3.8) is 0 Å². The van der Waals surface area contributed by atoms with Crippen molar-refractivity contribution in [2.45, 2.75) is 6.54 Å². The van der Waals surface area contributed by atoms with E-state index >= 15 is 0 Å². The third kappa shape index (κ3) is 2.35. The Morgan fingerprint density at radius 2 is 2.36 bits per heavy atom. The normalized spacial score (nSPS) is 9.55. The Labute approximate surface area is 73.8 Å². The minimum atomic E-state index is 0.494. The SMILES string of the molecule is C=C(Br)Cn1ccccc1=N. The van der Waals surface area contributed by atoms with E-state index < -0.39 is 0 Å². The Bertz CT molecular complexity index is 314. The number of pyridine rings is 1. The quantitative estimate of drug-likeness (QED) is 0.777. The molecule has 0 atom stereocenters. The lowest BCUT2D eigenvalue weighted by atomic mass is 10.4. The zero-order valence-corrected chi connectivity index (χ0v) is 7.63. The predicted octanol–water partition coefficient (Wildman–Crippen LogP) is 1.88. The molecule has 0 aromatic carbocycles. The van der Waals surface area contributed by atoms with Crippen LogP contribution in [-0.4, -0.2) is 4.57 Å². The first-order chi connectivity index (χ1) is 5.20. The summed E-state index contributed by atoms with van der Waals surface area (Å²) in [5, 5.41) is 7.47. The summed E-state index contributed by atoms with van der Waals surface area (Å²) in [6, 6.07) is 5.49. The molecule has 0 fully saturated rings. The van der Waals surface area contributed by atoms with E-state index in [1.165, 1.54) is 0 Å². The third-order valence-corrected chi connectivity index (χ3v) is 1.53. The van der Waals surface area contributed by atoms with Crippen LogP contribution in [0, 0.1) is 5.41 Å². The zero-order chi connectivity index (χ0) is 8.27. The molecule has 1 aromatic rings. The highest BCUT2D eigenvalue weighted by molar-refractivity contribution is 9.11. The van der Waals surface area contributed by atoms with Crippen molar-refractivity contribution in [2.24, 2.45) is 0 Å². The van der Waals surface area contributed by atoms with Crippen LogP contribution in [0.5, 0.6) is 0 Å². The third-order valence-electron chi connectivity index (χ3n) is 1.28. The van der Waals surface area contributed by atoms with Crippen LogP contribution < -0.4 is 5.49 Å². The highest BCUT2D eigenvalue weighted by Gasteiger charge is 1.90. The standard InChI is InChI=1S/C8H9BrN2/c1-7(9)6-11-5-3-2-4-8(11)10/h2-5,10H,1,6H2. The summed E-state index contributed by atoms with van der Waals surface area (Å²) in [5.41, 5.74) is 0.494. The number of allylic oxidation sites excluding steroid dienone is 1. The molecule has 0 unspecified atom stereocenters. The van der Waals surface area contributed by atoms with Crippen LogP contribution in [-0.2, 0) is 6.54 Å². The van der Waals surface area contributed by atoms with Crippen LogP contribution in [0.3, 0.4) is 0 Å². The molecule has 0 aliphatic rings. The molecule has 0 radical (unpaired) electrons. The van der Waals surface area contributed by atoms with Crippen LogP contribution >= 0.6 is 15.9 Å². The number of hydrogen-bond acceptors (Lipinski definition) is 1. The van der Waals surface area contributed by atoms with Gasteiger partial charge in [-0.2, -0.15) is 0 Å². The smallest absolute Gasteiger partial charge is 0.124 e. The molecule has 11 heavy (non-hydrogen) atoms. The van der Waals surface area contributed by atoms with Crippen molar-refractivity contribution in [1.29, 1.82) is 5.41 Å². The highest BCUT2D eigenvalue weighted by Crippen LogP contribution is 2.01. The molecule has 0 saturated carbocycles. The fourth-order valence-corrected chi connectivity index (χ4v) is 1.07. The molecule has 58 valence electrons. The molecule has 3 heteroatoms. The molecule has 0 aliphatic carbocycles. The summed E-state index contributed by atoms with van der Waals surface area (Å²) in [4.78, 5) is 0. The Hall–Kier alpha value is -0.830. The molecule has 1 N–H and O–H groups in total. The lowest BCUT2D eigenvalue weighted by Gasteiger charge is -2.03. The molecule has 2 nitrogen and oxygen atoms in total. The van der Waals surface area contributed by atoms with Crippen molar-refractivity contribution < 1.29 is 0 Å². The molecular weight excluding hydrogens is 204 g/mol. The minimum Gasteiger partial charge on any atom is -0.329 e. The molecule has 1 rings (SSSR count). The average Bonchev–Trinajstić information content (AvgIpc) is 1.93. The number of nitrogens with one attached hydrogen (secondary N) is 1. The van der Waals surface area contributed by atoms with E-state index in [-0.39, 0.29) is 0 Å². The highest BCUT2D eigenvalue weighted by atomic mass is 79.9. The van der Waals surface area contributed by atoms with Crippen molar-refractivity contribution in [3.05, 3.63) is 40.9 Å². The number of aromatic nitrogens is 1. The van der Waals surface area contributed by atoms with Gasteiger partial charge in [0.25, 0.3) is 0 Å². The van der Waals surface area contributed by atoms with E-state index in [9.17, 15) is 0 Å². The van der Waals surface area contributed by atoms with Gasteiger partial charge in [0.05, 0.1) is 6.54 Å². The Balaban J connectivity index is 2.95. The molecule has 0 amide bonds. The van der Waals surface area contributed by atoms with Gasteiger partial charge in [-0.25, -0.2) is 0 Å². The molecule has 0 saturated heterocycles. The summed E-state index contributed by atoms with van der Waals surface area (Å²) in [5.74, 6) is 0. The van der Waals surface area contributed by atoms with Gasteiger partial charge >= 0.3 is 0 Å². The number of hydrogen-bond donors (Lipinski definition) is 1.